The summed E-state index contributed by atoms with van der Waals surface area (Å²) >= 11 is 0. The summed E-state index contributed by atoms with van der Waals surface area (Å²) in [6.45, 7) is 4.94. The zero-order valence-electron chi connectivity index (χ0n) is 13.0. The van der Waals surface area contributed by atoms with Crippen molar-refractivity contribution >= 4 is 5.91 Å². The van der Waals surface area contributed by atoms with E-state index in [0.29, 0.717) is 6.42 Å². The summed E-state index contributed by atoms with van der Waals surface area (Å²) < 4.78 is 0. The van der Waals surface area contributed by atoms with Gasteiger partial charge in [-0.05, 0) is 32.3 Å². The van der Waals surface area contributed by atoms with E-state index >= 15 is 0 Å². The van der Waals surface area contributed by atoms with Crippen molar-refractivity contribution in [2.24, 2.45) is 0 Å². The minimum atomic E-state index is 0.155. The standard InChI is InChI=1S/C18H19N3O/c1-11-3-5-13(6-4-11)18-19-12(2)14-9-10-21-15(17(14)20-18)7-8-16(21)22/h3-6,15H,7-10H2,1-2H3. The molecule has 112 valence electrons. The molecular weight excluding hydrogens is 274 g/mol. The number of fused-ring (bicyclic) bond motifs is 3. The van der Waals surface area contributed by atoms with Gasteiger partial charge in [0.2, 0.25) is 5.91 Å². The summed E-state index contributed by atoms with van der Waals surface area (Å²) in [5.41, 5.74) is 5.63. The van der Waals surface area contributed by atoms with Crippen LogP contribution in [-0.4, -0.2) is 27.3 Å². The molecule has 2 aliphatic rings. The fourth-order valence-corrected chi connectivity index (χ4v) is 3.57. The SMILES string of the molecule is Cc1ccc(-c2nc(C)c3c(n2)C2CCC(=O)N2CC3)cc1. The molecule has 1 fully saturated rings. The number of aryl methyl sites for hydroxylation is 2. The van der Waals surface area contributed by atoms with Gasteiger partial charge >= 0.3 is 0 Å². The molecule has 2 aliphatic heterocycles. The van der Waals surface area contributed by atoms with E-state index in [9.17, 15) is 4.79 Å². The Kier molecular flexibility index (Phi) is 2.99. The average molecular weight is 293 g/mol. The van der Waals surface area contributed by atoms with Gasteiger partial charge in [0.05, 0.1) is 11.7 Å². The Morgan fingerprint density at radius 2 is 1.86 bits per heavy atom. The molecule has 0 bridgehead atoms. The van der Waals surface area contributed by atoms with Crippen LogP contribution in [0.5, 0.6) is 0 Å². The van der Waals surface area contributed by atoms with Gasteiger partial charge in [0.15, 0.2) is 5.82 Å². The zero-order valence-corrected chi connectivity index (χ0v) is 13.0. The number of carbonyl (C=O) groups is 1. The smallest absolute Gasteiger partial charge is 0.223 e. The molecule has 4 nitrogen and oxygen atoms in total. The van der Waals surface area contributed by atoms with Crippen LogP contribution in [-0.2, 0) is 11.2 Å². The van der Waals surface area contributed by atoms with E-state index in [4.69, 9.17) is 9.97 Å². The summed E-state index contributed by atoms with van der Waals surface area (Å²) in [7, 11) is 0. The Labute approximate surface area is 130 Å². The van der Waals surface area contributed by atoms with Crippen molar-refractivity contribution in [1.82, 2.24) is 14.9 Å². The predicted octanol–water partition coefficient (Wildman–Crippen LogP) is 2.98. The number of carbonyl (C=O) groups excluding carboxylic acids is 1. The van der Waals surface area contributed by atoms with Gasteiger partial charge in [-0.1, -0.05) is 29.8 Å². The zero-order chi connectivity index (χ0) is 15.3. The third kappa shape index (κ3) is 2.02. The van der Waals surface area contributed by atoms with E-state index in [1.165, 1.54) is 11.1 Å². The fourth-order valence-electron chi connectivity index (χ4n) is 3.57. The Bertz CT molecular complexity index is 752. The lowest BCUT2D eigenvalue weighted by molar-refractivity contribution is -0.129. The summed E-state index contributed by atoms with van der Waals surface area (Å²) in [4.78, 5) is 23.5. The molecule has 0 spiro atoms. The first-order valence-corrected chi connectivity index (χ1v) is 7.87. The number of hydrogen-bond donors (Lipinski definition) is 0. The first-order valence-electron chi connectivity index (χ1n) is 7.87. The quantitative estimate of drug-likeness (QED) is 0.812. The van der Waals surface area contributed by atoms with E-state index in [1.807, 2.05) is 4.90 Å². The van der Waals surface area contributed by atoms with Crippen LogP contribution in [0.2, 0.25) is 0 Å². The summed E-state index contributed by atoms with van der Waals surface area (Å²) in [6.07, 6.45) is 2.40. The van der Waals surface area contributed by atoms with Crippen LogP contribution < -0.4 is 0 Å². The maximum Gasteiger partial charge on any atom is 0.223 e. The van der Waals surface area contributed by atoms with Crippen molar-refractivity contribution in [3.8, 4) is 11.4 Å². The Balaban J connectivity index is 1.82. The highest BCUT2D eigenvalue weighted by atomic mass is 16.2. The molecule has 4 heteroatoms. The minimum absolute atomic E-state index is 0.155. The van der Waals surface area contributed by atoms with Crippen LogP contribution in [0.3, 0.4) is 0 Å². The maximum absolute atomic E-state index is 12.0. The van der Waals surface area contributed by atoms with Crippen molar-refractivity contribution < 1.29 is 4.79 Å². The lowest BCUT2D eigenvalue weighted by Crippen LogP contribution is -2.35. The highest BCUT2D eigenvalue weighted by molar-refractivity contribution is 5.79. The third-order valence-corrected chi connectivity index (χ3v) is 4.80. The van der Waals surface area contributed by atoms with Gasteiger partial charge < -0.3 is 4.90 Å². The molecule has 1 aromatic heterocycles. The van der Waals surface area contributed by atoms with E-state index in [2.05, 4.69) is 38.1 Å². The van der Waals surface area contributed by atoms with E-state index in [0.717, 1.165) is 42.2 Å². The highest BCUT2D eigenvalue weighted by Gasteiger charge is 2.38. The molecule has 3 heterocycles. The van der Waals surface area contributed by atoms with Crippen LogP contribution in [0.15, 0.2) is 24.3 Å². The number of amides is 1. The van der Waals surface area contributed by atoms with E-state index in [1.54, 1.807) is 0 Å². The van der Waals surface area contributed by atoms with Gasteiger partial charge in [-0.25, -0.2) is 9.97 Å². The van der Waals surface area contributed by atoms with Crippen LogP contribution in [0.25, 0.3) is 11.4 Å². The van der Waals surface area contributed by atoms with Crippen LogP contribution in [0, 0.1) is 13.8 Å². The number of benzene rings is 1. The van der Waals surface area contributed by atoms with Crippen LogP contribution in [0.4, 0.5) is 0 Å². The molecule has 0 aliphatic carbocycles. The van der Waals surface area contributed by atoms with Crippen molar-refractivity contribution in [2.45, 2.75) is 39.2 Å². The normalized spacial score (nSPS) is 20.0. The second kappa shape index (κ2) is 4.90. The lowest BCUT2D eigenvalue weighted by atomic mass is 9.96. The van der Waals surface area contributed by atoms with Crippen molar-refractivity contribution in [1.29, 1.82) is 0 Å². The van der Waals surface area contributed by atoms with Crippen molar-refractivity contribution in [2.75, 3.05) is 6.54 Å². The molecule has 4 rings (SSSR count). The number of aromatic nitrogens is 2. The largest absolute Gasteiger partial charge is 0.334 e. The molecule has 0 saturated carbocycles. The molecule has 0 N–H and O–H groups in total. The molecule has 22 heavy (non-hydrogen) atoms. The summed E-state index contributed by atoms with van der Waals surface area (Å²) in [5, 5.41) is 0. The molecule has 0 radical (unpaired) electrons. The number of hydrogen-bond acceptors (Lipinski definition) is 3. The van der Waals surface area contributed by atoms with Gasteiger partial charge in [0.1, 0.15) is 0 Å². The number of nitrogens with zero attached hydrogens (tertiary/aromatic N) is 3. The predicted molar refractivity (Wildman–Crippen MR) is 84.3 cm³/mol. The molecule has 1 amide bonds. The van der Waals surface area contributed by atoms with Gasteiger partial charge in [0.25, 0.3) is 0 Å². The second-order valence-corrected chi connectivity index (χ2v) is 6.25. The molecule has 1 atom stereocenters. The Hall–Kier alpha value is -2.23. The van der Waals surface area contributed by atoms with Crippen LogP contribution >= 0.6 is 0 Å². The fraction of sp³-hybridized carbons (Fsp3) is 0.389. The first-order chi connectivity index (χ1) is 10.6. The monoisotopic (exact) mass is 293 g/mol. The van der Waals surface area contributed by atoms with Crippen molar-refractivity contribution in [3.63, 3.8) is 0 Å². The minimum Gasteiger partial charge on any atom is -0.334 e. The van der Waals surface area contributed by atoms with Crippen molar-refractivity contribution in [3.05, 3.63) is 46.8 Å². The highest BCUT2D eigenvalue weighted by Crippen LogP contribution is 2.38. The lowest BCUT2D eigenvalue weighted by Gasteiger charge is -2.31. The maximum atomic E-state index is 12.0. The topological polar surface area (TPSA) is 46.1 Å². The molecule has 1 aromatic carbocycles. The van der Waals surface area contributed by atoms with E-state index < -0.39 is 0 Å². The average Bonchev–Trinajstić information content (AvgIpc) is 2.90. The molecular formula is C18H19N3O. The second-order valence-electron chi connectivity index (χ2n) is 6.25. The summed E-state index contributed by atoms with van der Waals surface area (Å²) in [6, 6.07) is 8.45. The van der Waals surface area contributed by atoms with Gasteiger partial charge in [-0.15, -0.1) is 0 Å². The Morgan fingerprint density at radius 3 is 2.64 bits per heavy atom. The van der Waals surface area contributed by atoms with Crippen LogP contribution in [0.1, 0.15) is 41.4 Å². The summed E-state index contributed by atoms with van der Waals surface area (Å²) in [5.74, 6) is 1.04. The van der Waals surface area contributed by atoms with Gasteiger partial charge in [-0.2, -0.15) is 0 Å². The molecule has 2 aromatic rings. The molecule has 1 unspecified atom stereocenters. The third-order valence-electron chi connectivity index (χ3n) is 4.80. The van der Waals surface area contributed by atoms with Gasteiger partial charge in [-0.3, -0.25) is 4.79 Å². The van der Waals surface area contributed by atoms with Gasteiger partial charge in [0, 0.05) is 24.2 Å². The first kappa shape index (κ1) is 13.4. The number of rotatable bonds is 1. The Morgan fingerprint density at radius 1 is 1.09 bits per heavy atom. The van der Waals surface area contributed by atoms with E-state index in [-0.39, 0.29) is 11.9 Å². The molecule has 1 saturated heterocycles.